The zero-order chi connectivity index (χ0) is 17.6. The molecular weight excluding hydrogens is 323 g/mol. The number of hydrogen-bond acceptors (Lipinski definition) is 3. The lowest BCUT2D eigenvalue weighted by molar-refractivity contribution is -0.212. The molecule has 0 saturated heterocycles. The highest BCUT2D eigenvalue weighted by Gasteiger charge is 2.45. The fraction of sp³-hybridized carbons (Fsp3) is 0.235. The molecule has 0 aliphatic carbocycles. The molecular formula is C17H16F3NO3. The first-order valence-corrected chi connectivity index (χ1v) is 7.15. The summed E-state index contributed by atoms with van der Waals surface area (Å²) >= 11 is 0. The predicted molar refractivity (Wildman–Crippen MR) is 81.0 cm³/mol. The number of rotatable bonds is 5. The Balaban J connectivity index is 2.06. The highest BCUT2D eigenvalue weighted by molar-refractivity contribution is 5.68. The number of aliphatic hydroxyl groups is 1. The maximum absolute atomic E-state index is 12.8. The lowest BCUT2D eigenvalue weighted by Gasteiger charge is -2.26. The summed E-state index contributed by atoms with van der Waals surface area (Å²) in [4.78, 5) is 11.8. The number of carbonyl (C=O) groups is 1. The molecule has 0 spiro atoms. The Morgan fingerprint density at radius 3 is 2.12 bits per heavy atom. The van der Waals surface area contributed by atoms with Crippen LogP contribution in [0.25, 0.3) is 0 Å². The van der Waals surface area contributed by atoms with Crippen molar-refractivity contribution in [2.24, 2.45) is 0 Å². The second-order valence-corrected chi connectivity index (χ2v) is 5.08. The Hall–Kier alpha value is -2.54. The van der Waals surface area contributed by atoms with Gasteiger partial charge in [-0.25, -0.2) is 4.79 Å². The fourth-order valence-electron chi connectivity index (χ4n) is 2.09. The van der Waals surface area contributed by atoms with Gasteiger partial charge in [-0.05, 0) is 11.1 Å². The van der Waals surface area contributed by atoms with Crippen molar-refractivity contribution in [2.75, 3.05) is 0 Å². The van der Waals surface area contributed by atoms with E-state index >= 15 is 0 Å². The number of aliphatic hydroxyl groups excluding tert-OH is 1. The maximum atomic E-state index is 12.8. The largest absolute Gasteiger partial charge is 0.445 e. The zero-order valence-electron chi connectivity index (χ0n) is 12.5. The summed E-state index contributed by atoms with van der Waals surface area (Å²) in [7, 11) is 0. The molecule has 2 N–H and O–H groups in total. The molecule has 2 atom stereocenters. The molecule has 2 aromatic rings. The van der Waals surface area contributed by atoms with E-state index in [1.807, 2.05) is 0 Å². The van der Waals surface area contributed by atoms with E-state index in [0.717, 1.165) is 0 Å². The number of benzene rings is 2. The SMILES string of the molecule is O=C(N[C@@H](c1ccccc1)[C@H](O)C(F)(F)F)OCc1ccccc1. The molecule has 1 amide bonds. The van der Waals surface area contributed by atoms with E-state index in [1.54, 1.807) is 36.4 Å². The molecule has 4 nitrogen and oxygen atoms in total. The highest BCUT2D eigenvalue weighted by Crippen LogP contribution is 2.30. The summed E-state index contributed by atoms with van der Waals surface area (Å²) in [6.45, 7) is -0.0870. The van der Waals surface area contributed by atoms with Crippen molar-refractivity contribution in [1.29, 1.82) is 0 Å². The average molecular weight is 339 g/mol. The van der Waals surface area contributed by atoms with Gasteiger partial charge in [0.2, 0.25) is 0 Å². The quantitative estimate of drug-likeness (QED) is 0.875. The van der Waals surface area contributed by atoms with Gasteiger partial charge in [-0.2, -0.15) is 13.2 Å². The lowest BCUT2D eigenvalue weighted by Crippen LogP contribution is -2.44. The van der Waals surface area contributed by atoms with E-state index in [-0.39, 0.29) is 12.2 Å². The van der Waals surface area contributed by atoms with Crippen LogP contribution in [0.4, 0.5) is 18.0 Å². The fourth-order valence-corrected chi connectivity index (χ4v) is 2.09. The minimum Gasteiger partial charge on any atom is -0.445 e. The molecule has 128 valence electrons. The summed E-state index contributed by atoms with van der Waals surface area (Å²) in [5.74, 6) is 0. The van der Waals surface area contributed by atoms with Crippen LogP contribution in [-0.4, -0.2) is 23.5 Å². The van der Waals surface area contributed by atoms with E-state index < -0.39 is 24.4 Å². The first-order chi connectivity index (χ1) is 11.4. The third-order valence-electron chi connectivity index (χ3n) is 3.30. The van der Waals surface area contributed by atoms with Crippen LogP contribution in [0.3, 0.4) is 0 Å². The van der Waals surface area contributed by atoms with Gasteiger partial charge in [-0.15, -0.1) is 0 Å². The number of ether oxygens (including phenoxy) is 1. The van der Waals surface area contributed by atoms with E-state index in [1.165, 1.54) is 24.3 Å². The number of alkyl halides is 3. The van der Waals surface area contributed by atoms with Gasteiger partial charge in [-0.3, -0.25) is 0 Å². The van der Waals surface area contributed by atoms with E-state index in [2.05, 4.69) is 5.32 Å². The van der Waals surface area contributed by atoms with Gasteiger partial charge in [-0.1, -0.05) is 60.7 Å². The third-order valence-corrected chi connectivity index (χ3v) is 3.30. The second-order valence-electron chi connectivity index (χ2n) is 5.08. The number of carbonyl (C=O) groups excluding carboxylic acids is 1. The van der Waals surface area contributed by atoms with E-state index in [0.29, 0.717) is 5.56 Å². The normalized spacial score (nSPS) is 13.8. The molecule has 0 unspecified atom stereocenters. The van der Waals surface area contributed by atoms with Gasteiger partial charge in [0.05, 0.1) is 6.04 Å². The standard InChI is InChI=1S/C17H16F3NO3/c18-17(19,20)15(22)14(13-9-5-2-6-10-13)21-16(23)24-11-12-7-3-1-4-8-12/h1-10,14-15,22H,11H2,(H,21,23)/t14-,15-/m0/s1. The van der Waals surface area contributed by atoms with Crippen LogP contribution < -0.4 is 5.32 Å². The number of halogens is 3. The molecule has 0 fully saturated rings. The minimum atomic E-state index is -4.88. The lowest BCUT2D eigenvalue weighted by atomic mass is 10.0. The van der Waals surface area contributed by atoms with Crippen molar-refractivity contribution < 1.29 is 27.8 Å². The van der Waals surface area contributed by atoms with Gasteiger partial charge >= 0.3 is 12.3 Å². The minimum absolute atomic E-state index is 0.0870. The molecule has 0 bridgehead atoms. The summed E-state index contributed by atoms with van der Waals surface area (Å²) in [5, 5.41) is 11.6. The monoisotopic (exact) mass is 339 g/mol. The van der Waals surface area contributed by atoms with Crippen LogP contribution in [0.15, 0.2) is 60.7 Å². The Morgan fingerprint density at radius 2 is 1.58 bits per heavy atom. The first-order valence-electron chi connectivity index (χ1n) is 7.15. The molecule has 0 radical (unpaired) electrons. The summed E-state index contributed by atoms with van der Waals surface area (Å²) in [6.07, 6.45) is -8.67. The van der Waals surface area contributed by atoms with Crippen LogP contribution >= 0.6 is 0 Å². The molecule has 2 aromatic carbocycles. The third kappa shape index (κ3) is 4.99. The zero-order valence-corrected chi connectivity index (χ0v) is 12.5. The first kappa shape index (κ1) is 17.8. The molecule has 24 heavy (non-hydrogen) atoms. The highest BCUT2D eigenvalue weighted by atomic mass is 19.4. The molecule has 2 rings (SSSR count). The number of amides is 1. The van der Waals surface area contributed by atoms with Crippen LogP contribution in [0, 0.1) is 0 Å². The summed E-state index contributed by atoms with van der Waals surface area (Å²) in [5.41, 5.74) is 0.819. The molecule has 0 aliphatic heterocycles. The smallest absolute Gasteiger partial charge is 0.416 e. The van der Waals surface area contributed by atoms with Crippen molar-refractivity contribution in [3.05, 3.63) is 71.8 Å². The van der Waals surface area contributed by atoms with Gasteiger partial charge in [0, 0.05) is 0 Å². The number of hydrogen-bond donors (Lipinski definition) is 2. The van der Waals surface area contributed by atoms with Gasteiger partial charge in [0.1, 0.15) is 6.61 Å². The molecule has 0 heterocycles. The average Bonchev–Trinajstić information content (AvgIpc) is 2.58. The van der Waals surface area contributed by atoms with Crippen molar-refractivity contribution >= 4 is 6.09 Å². The van der Waals surface area contributed by atoms with Crippen molar-refractivity contribution in [1.82, 2.24) is 5.32 Å². The molecule has 0 saturated carbocycles. The number of alkyl carbamates (subject to hydrolysis) is 1. The Morgan fingerprint density at radius 1 is 1.04 bits per heavy atom. The molecule has 0 aromatic heterocycles. The van der Waals surface area contributed by atoms with Crippen LogP contribution in [0.2, 0.25) is 0 Å². The maximum Gasteiger partial charge on any atom is 0.416 e. The summed E-state index contributed by atoms with van der Waals surface area (Å²) < 4.78 is 43.4. The van der Waals surface area contributed by atoms with Crippen LogP contribution in [0.5, 0.6) is 0 Å². The van der Waals surface area contributed by atoms with Crippen molar-refractivity contribution in [3.8, 4) is 0 Å². The second kappa shape index (κ2) is 7.83. The predicted octanol–water partition coefficient (Wildman–Crippen LogP) is 3.58. The Labute approximate surface area is 136 Å². The Kier molecular flexibility index (Phi) is 5.81. The van der Waals surface area contributed by atoms with Gasteiger partial charge in [0.15, 0.2) is 6.10 Å². The van der Waals surface area contributed by atoms with Crippen molar-refractivity contribution in [2.45, 2.75) is 24.9 Å². The molecule has 0 aliphatic rings. The van der Waals surface area contributed by atoms with Crippen molar-refractivity contribution in [3.63, 3.8) is 0 Å². The summed E-state index contributed by atoms with van der Waals surface area (Å²) in [6, 6.07) is 14.5. The topological polar surface area (TPSA) is 58.6 Å². The van der Waals surface area contributed by atoms with Crippen LogP contribution in [0.1, 0.15) is 17.2 Å². The van der Waals surface area contributed by atoms with E-state index in [9.17, 15) is 23.1 Å². The molecule has 7 heteroatoms. The van der Waals surface area contributed by atoms with Gasteiger partial charge in [0.25, 0.3) is 0 Å². The van der Waals surface area contributed by atoms with E-state index in [4.69, 9.17) is 4.74 Å². The van der Waals surface area contributed by atoms with Gasteiger partial charge < -0.3 is 15.2 Å². The van der Waals surface area contributed by atoms with Crippen LogP contribution in [-0.2, 0) is 11.3 Å². The number of nitrogens with one attached hydrogen (secondary N) is 1. The Bertz CT molecular complexity index is 647.